The number of benzene rings is 14. The molecule has 0 aliphatic rings. The molecule has 448 valence electrons. The van der Waals surface area contributed by atoms with E-state index < -0.39 is 30.4 Å². The SMILES string of the molecule is [I-].[I-].[Pd+2].c1ccc(P(c2ccccc2)c2ccccc2)cc1.c1ccc(P(c2ccccc2)c2ccccc2)cc1.c1ccc([P+](c2ccccc2)(c2ccccc2)c2ccccc2)cc1.c1ccc([P+](c2ccccc2)(c2ccccc2)c2ccccc2)cc1. The van der Waals surface area contributed by atoms with Crippen LogP contribution in [0.5, 0.6) is 0 Å². The van der Waals surface area contributed by atoms with Crippen molar-refractivity contribution in [3.8, 4) is 0 Å². The Kier molecular flexibility index (Phi) is 28.3. The summed E-state index contributed by atoms with van der Waals surface area (Å²) >= 11 is 0. The number of halogens is 2. The monoisotopic (exact) mass is 1560 g/mol. The molecule has 0 nitrogen and oxygen atoms in total. The van der Waals surface area contributed by atoms with E-state index in [1.807, 2.05) is 0 Å². The molecule has 0 aromatic heterocycles. The van der Waals surface area contributed by atoms with Crippen molar-refractivity contribution in [3.05, 3.63) is 425 Å². The zero-order valence-electron chi connectivity index (χ0n) is 50.3. The topological polar surface area (TPSA) is 0 Å². The van der Waals surface area contributed by atoms with Gasteiger partial charge < -0.3 is 48.0 Å². The third-order valence-corrected chi connectivity index (χ3v) is 28.7. The zero-order chi connectivity index (χ0) is 59.7. The minimum Gasteiger partial charge on any atom is -1.00 e. The van der Waals surface area contributed by atoms with Crippen molar-refractivity contribution in [2.75, 3.05) is 0 Å². The molecule has 14 aromatic carbocycles. The molecule has 0 unspecified atom stereocenters. The normalized spacial score (nSPS) is 10.6. The Balaban J connectivity index is 0.000000156. The van der Waals surface area contributed by atoms with Crippen LogP contribution in [-0.2, 0) is 20.4 Å². The fraction of sp³-hybridized carbons (Fsp3) is 0. The Morgan fingerprint density at radius 2 is 0.220 bits per heavy atom. The van der Waals surface area contributed by atoms with Crippen molar-refractivity contribution in [3.63, 3.8) is 0 Å². The fourth-order valence-electron chi connectivity index (χ4n) is 11.4. The molecule has 0 amide bonds. The second-order valence-electron chi connectivity index (χ2n) is 20.7. The molecule has 7 heteroatoms. The molecule has 0 atom stereocenters. The van der Waals surface area contributed by atoms with E-state index in [1.165, 1.54) is 74.3 Å². The predicted octanol–water partition coefficient (Wildman–Crippen LogP) is 9.51. The number of hydrogen-bond donors (Lipinski definition) is 0. The summed E-state index contributed by atoms with van der Waals surface area (Å²) in [5.74, 6) is 0. The van der Waals surface area contributed by atoms with Crippen molar-refractivity contribution < 1.29 is 68.4 Å². The van der Waals surface area contributed by atoms with E-state index in [2.05, 4.69) is 425 Å². The summed E-state index contributed by atoms with van der Waals surface area (Å²) in [5, 5.41) is 19.5. The number of rotatable bonds is 14. The van der Waals surface area contributed by atoms with Gasteiger partial charge in [-0.25, -0.2) is 0 Å². The minimum absolute atomic E-state index is 0. The molecule has 0 saturated heterocycles. The van der Waals surface area contributed by atoms with Gasteiger partial charge in [-0.2, -0.15) is 0 Å². The van der Waals surface area contributed by atoms with Gasteiger partial charge in [0.25, 0.3) is 0 Å². The van der Waals surface area contributed by atoms with Gasteiger partial charge in [0.05, 0.1) is 0 Å². The Morgan fingerprint density at radius 1 is 0.132 bits per heavy atom. The van der Waals surface area contributed by atoms with Gasteiger partial charge in [0.1, 0.15) is 57.0 Å². The van der Waals surface area contributed by atoms with Crippen LogP contribution in [-0.4, -0.2) is 0 Å². The van der Waals surface area contributed by atoms with Gasteiger partial charge in [0.2, 0.25) is 0 Å². The Morgan fingerprint density at radius 3 is 0.319 bits per heavy atom. The third-order valence-electron chi connectivity index (χ3n) is 15.2. The second-order valence-corrected chi connectivity index (χ2v) is 32.0. The Hall–Kier alpha value is -7.08. The van der Waals surface area contributed by atoms with Gasteiger partial charge in [-0.3, -0.25) is 0 Å². The molecule has 0 radical (unpaired) electrons. The van der Waals surface area contributed by atoms with Crippen molar-refractivity contribution in [2.24, 2.45) is 0 Å². The first-order valence-corrected chi connectivity index (χ1v) is 36.1. The molecule has 0 spiro atoms. The van der Waals surface area contributed by atoms with Crippen LogP contribution >= 0.6 is 30.4 Å². The van der Waals surface area contributed by atoms with Crippen LogP contribution in [0.1, 0.15) is 0 Å². The molecule has 0 fully saturated rings. The summed E-state index contributed by atoms with van der Waals surface area (Å²) in [4.78, 5) is 0. The maximum Gasteiger partial charge on any atom is 2.00 e. The maximum absolute atomic E-state index is 2.28. The summed E-state index contributed by atoms with van der Waals surface area (Å²) in [6.45, 7) is 0. The van der Waals surface area contributed by atoms with Gasteiger partial charge >= 0.3 is 20.4 Å². The summed E-state index contributed by atoms with van der Waals surface area (Å²) < 4.78 is 0. The summed E-state index contributed by atoms with van der Waals surface area (Å²) in [7, 11) is -4.70. The van der Waals surface area contributed by atoms with Gasteiger partial charge in [0, 0.05) is 0 Å². The average Bonchev–Trinajstić information content (AvgIpc) is 0.823. The Labute approximate surface area is 591 Å². The Bertz CT molecular complexity index is 3410. The molecular formula is C84H70I2P4Pd+2. The van der Waals surface area contributed by atoms with E-state index in [1.54, 1.807) is 0 Å². The molecule has 0 bridgehead atoms. The molecular weight excluding hydrogens is 1490 g/mol. The molecule has 14 rings (SSSR count). The molecule has 0 N–H and O–H groups in total. The largest absolute Gasteiger partial charge is 2.00 e. The fourth-order valence-corrected chi connectivity index (χ4v) is 24.5. The van der Waals surface area contributed by atoms with E-state index in [9.17, 15) is 0 Å². The van der Waals surface area contributed by atoms with Crippen molar-refractivity contribution in [2.45, 2.75) is 0 Å². The van der Waals surface area contributed by atoms with Crippen molar-refractivity contribution in [1.82, 2.24) is 0 Å². The van der Waals surface area contributed by atoms with Crippen LogP contribution < -0.4 is 122 Å². The molecule has 0 aliphatic heterocycles. The van der Waals surface area contributed by atoms with Gasteiger partial charge in [0.15, 0.2) is 0 Å². The predicted molar refractivity (Wildman–Crippen MR) is 393 cm³/mol. The second kappa shape index (κ2) is 36.8. The summed E-state index contributed by atoms with van der Waals surface area (Å²) in [6.07, 6.45) is 0. The van der Waals surface area contributed by atoms with Crippen LogP contribution in [0.3, 0.4) is 0 Å². The molecule has 0 saturated carbocycles. The van der Waals surface area contributed by atoms with Crippen LogP contribution in [0.15, 0.2) is 425 Å². The smallest absolute Gasteiger partial charge is 1.00 e. The van der Waals surface area contributed by atoms with E-state index in [4.69, 9.17) is 0 Å². The van der Waals surface area contributed by atoms with Crippen molar-refractivity contribution >= 4 is 105 Å². The first-order valence-electron chi connectivity index (χ1n) is 29.9. The summed E-state index contributed by atoms with van der Waals surface area (Å²) in [6, 6.07) is 152. The zero-order valence-corrected chi connectivity index (χ0v) is 59.7. The van der Waals surface area contributed by atoms with Crippen LogP contribution in [0, 0.1) is 0 Å². The van der Waals surface area contributed by atoms with Crippen LogP contribution in [0.4, 0.5) is 0 Å². The molecule has 91 heavy (non-hydrogen) atoms. The van der Waals surface area contributed by atoms with E-state index >= 15 is 0 Å². The first-order chi connectivity index (χ1) is 43.7. The van der Waals surface area contributed by atoms with Gasteiger partial charge in [-0.1, -0.05) is 328 Å². The van der Waals surface area contributed by atoms with E-state index in [0.29, 0.717) is 0 Å². The minimum atomic E-state index is -1.91. The van der Waals surface area contributed by atoms with Crippen LogP contribution in [0.25, 0.3) is 0 Å². The summed E-state index contributed by atoms with van der Waals surface area (Å²) in [5.41, 5.74) is 0. The number of hydrogen-bond acceptors (Lipinski definition) is 0. The van der Waals surface area contributed by atoms with Crippen molar-refractivity contribution in [1.29, 1.82) is 0 Å². The molecule has 0 aliphatic carbocycles. The average molecular weight is 1560 g/mol. The molecule has 14 aromatic rings. The van der Waals surface area contributed by atoms with Gasteiger partial charge in [-0.05, 0) is 145 Å². The first kappa shape index (κ1) is 69.8. The van der Waals surface area contributed by atoms with E-state index in [-0.39, 0.29) is 68.4 Å². The quantitative estimate of drug-likeness (QED) is 0.0579. The van der Waals surface area contributed by atoms with E-state index in [0.717, 1.165) is 0 Å². The van der Waals surface area contributed by atoms with Gasteiger partial charge in [-0.15, -0.1) is 0 Å². The maximum atomic E-state index is 2.28. The molecule has 0 heterocycles. The standard InChI is InChI=1S/2C24H20P.2C18H15P.2HI.Pd/c2*1-5-13-21(14-6-1)25(22-15-7-2-8-16-22,23-17-9-3-10-18-23)24-19-11-4-12-20-24;2*1-4-10-16(11-5-1)19(17-12-6-2-7-13-17)18-14-8-3-9-15-18;;;/h2*1-20H;2*1-15H;2*1H;/q2*+1;;;;;+2/p-2. The third kappa shape index (κ3) is 17.3. The van der Waals surface area contributed by atoms with Crippen LogP contribution in [0.2, 0.25) is 0 Å².